The largest absolute Gasteiger partial charge is 0.480 e. The second kappa shape index (κ2) is 37.4. The van der Waals surface area contributed by atoms with Crippen LogP contribution in [-0.4, -0.2) is 417 Å². The number of amides is 17. The average molecular weight is 1630 g/mol. The van der Waals surface area contributed by atoms with Gasteiger partial charge in [0.15, 0.2) is 0 Å². The number of thiol groups is 1. The van der Waals surface area contributed by atoms with Crippen molar-refractivity contribution in [1.29, 1.82) is 0 Å². The SMILES string of the molecule is O=C(O)CNC(=O)[C@@H]1C[C@@H](O)CN1C(=O)[C@@H]1CCCN1C(=O)CNC(=O)[C@@H]1C[C@@H](O)CN1C(=O)[C@H](CS)NC(=O)CNC(=O)[C@@H]1C[C@@H](O)CN1C(=O)[C@@H]1CCCN1C(=O)CNC(=O)[C@@H]1C[C@@H](O)CN1C(=O)[C@@H]1CCCN1C(=O)CNC(=O)[C@@H]1C[C@@H](O)CN1C(=O)[C@@H]1CCCN1C(=O)CNC(=O)[C@@H]1C[C@@H](O)CN1C(=O)[C@@H]1CCCN1. The van der Waals surface area contributed by atoms with E-state index in [4.69, 9.17) is 5.11 Å². The van der Waals surface area contributed by atoms with Gasteiger partial charge in [-0.05, 0) is 70.8 Å². The molecule has 11 heterocycles. The first-order chi connectivity index (χ1) is 54.3. The molecule has 0 aromatic heterocycles. The molecule has 0 aromatic carbocycles. The number of hydrogen-bond acceptors (Lipinski definition) is 26. The van der Waals surface area contributed by atoms with Gasteiger partial charge < -0.3 is 127 Å². The van der Waals surface area contributed by atoms with Crippen LogP contribution in [0.5, 0.6) is 0 Å². The van der Waals surface area contributed by atoms with Gasteiger partial charge in [-0.25, -0.2) is 0 Å². The first-order valence-corrected chi connectivity index (χ1v) is 39.6. The zero-order valence-corrected chi connectivity index (χ0v) is 63.7. The van der Waals surface area contributed by atoms with Gasteiger partial charge in [-0.3, -0.25) is 86.3 Å². The van der Waals surface area contributed by atoms with Gasteiger partial charge >= 0.3 is 5.97 Å². The Morgan fingerprint density at radius 1 is 0.325 bits per heavy atom. The first-order valence-electron chi connectivity index (χ1n) is 38.9. The van der Waals surface area contributed by atoms with Crippen LogP contribution in [-0.2, 0) is 86.3 Å². The summed E-state index contributed by atoms with van der Waals surface area (Å²) in [5, 5.41) is 92.9. The van der Waals surface area contributed by atoms with Gasteiger partial charge in [0.05, 0.1) is 75.4 Å². The Morgan fingerprint density at radius 3 is 0.860 bits per heavy atom. The Kier molecular flexibility index (Phi) is 28.0. The van der Waals surface area contributed by atoms with Crippen LogP contribution in [0, 0.1) is 0 Å². The van der Waals surface area contributed by atoms with Crippen molar-refractivity contribution in [2.45, 2.75) is 212 Å². The third kappa shape index (κ3) is 19.4. The van der Waals surface area contributed by atoms with Crippen LogP contribution >= 0.6 is 12.6 Å². The lowest BCUT2D eigenvalue weighted by atomic mass is 10.1. The minimum Gasteiger partial charge on any atom is -0.480 e. The van der Waals surface area contributed by atoms with Crippen molar-refractivity contribution >= 4 is 119 Å². The zero-order valence-electron chi connectivity index (χ0n) is 62.8. The van der Waals surface area contributed by atoms with Gasteiger partial charge in [-0.15, -0.1) is 0 Å². The first kappa shape index (κ1) is 85.4. The third-order valence-electron chi connectivity index (χ3n) is 23.3. The van der Waals surface area contributed by atoms with Crippen LogP contribution in [0.25, 0.3) is 0 Å². The second-order valence-electron chi connectivity index (χ2n) is 31.0. The number of carbonyl (C=O) groups is 18. The fraction of sp³-hybridized carbons (Fsp3) is 0.743. The molecule has 18 atom stereocenters. The van der Waals surface area contributed by atoms with E-state index >= 15 is 0 Å². The summed E-state index contributed by atoms with van der Waals surface area (Å²) in [5.74, 6) is -14.1. The molecule has 11 aliphatic rings. The molecule has 44 heteroatoms. The highest BCUT2D eigenvalue weighted by atomic mass is 32.1. The number of rotatable bonds is 26. The molecule has 0 bridgehead atoms. The summed E-state index contributed by atoms with van der Waals surface area (Å²) in [6, 6.07) is -13.9. The molecule has 11 rings (SSSR count). The van der Waals surface area contributed by atoms with E-state index in [-0.39, 0.29) is 141 Å². The Bertz CT molecular complexity index is 3760. The van der Waals surface area contributed by atoms with Crippen molar-refractivity contribution < 1.29 is 122 Å². The fourth-order valence-electron chi connectivity index (χ4n) is 17.7. The number of nitrogens with zero attached hydrogens (tertiary/aromatic N) is 10. The van der Waals surface area contributed by atoms with Crippen LogP contribution in [0.15, 0.2) is 0 Å². The normalized spacial score (nSPS) is 30.2. The van der Waals surface area contributed by atoms with Crippen molar-refractivity contribution in [2.75, 3.05) is 117 Å². The van der Waals surface area contributed by atoms with Gasteiger partial charge in [0, 0.05) is 110 Å². The Labute approximate surface area is 658 Å². The predicted molar refractivity (Wildman–Crippen MR) is 388 cm³/mol. The number of carboxylic acids is 1. The van der Waals surface area contributed by atoms with Gasteiger partial charge in [-0.1, -0.05) is 0 Å². The van der Waals surface area contributed by atoms with Gasteiger partial charge in [0.2, 0.25) is 100 Å². The number of β-amino-alcohol motifs (C(OH)–C–C–N with tert-alkyl or cyclic N) is 6. The van der Waals surface area contributed by atoms with Gasteiger partial charge in [0.1, 0.15) is 73.0 Å². The smallest absolute Gasteiger partial charge is 0.322 e. The van der Waals surface area contributed by atoms with E-state index in [2.05, 4.69) is 55.2 Å². The van der Waals surface area contributed by atoms with Crippen LogP contribution in [0.4, 0.5) is 0 Å². The molecule has 11 aliphatic heterocycles. The number of carbonyl (C=O) groups excluding carboxylic acids is 17. The Morgan fingerprint density at radius 2 is 0.588 bits per heavy atom. The number of aliphatic carboxylic acids is 1. The maximum Gasteiger partial charge on any atom is 0.322 e. The monoisotopic (exact) mass is 1630 g/mol. The quantitative estimate of drug-likeness (QED) is 0.0358. The lowest BCUT2D eigenvalue weighted by Crippen LogP contribution is -2.57. The average Bonchev–Trinajstić information content (AvgIpc) is 1.65. The number of aliphatic hydroxyl groups excluding tert-OH is 6. The van der Waals surface area contributed by atoms with Crippen LogP contribution in [0.3, 0.4) is 0 Å². The highest BCUT2D eigenvalue weighted by Crippen LogP contribution is 2.32. The van der Waals surface area contributed by atoms with Crippen LogP contribution in [0.2, 0.25) is 0 Å². The number of likely N-dealkylation sites (tertiary alicyclic amines) is 10. The van der Waals surface area contributed by atoms with E-state index in [1.54, 1.807) is 0 Å². The van der Waals surface area contributed by atoms with E-state index in [1.807, 2.05) is 0 Å². The van der Waals surface area contributed by atoms with Crippen molar-refractivity contribution in [3.05, 3.63) is 0 Å². The molecule has 15 N–H and O–H groups in total. The van der Waals surface area contributed by atoms with E-state index < -0.39 is 249 Å². The summed E-state index contributed by atoms with van der Waals surface area (Å²) >= 11 is 4.22. The summed E-state index contributed by atoms with van der Waals surface area (Å²) in [7, 11) is 0. The summed E-state index contributed by atoms with van der Waals surface area (Å²) in [5.41, 5.74) is 0. The third-order valence-corrected chi connectivity index (χ3v) is 23.7. The summed E-state index contributed by atoms with van der Waals surface area (Å²) < 4.78 is 0. The van der Waals surface area contributed by atoms with Crippen molar-refractivity contribution in [3.8, 4) is 0 Å². The molecule has 628 valence electrons. The molecule has 0 radical (unpaired) electrons. The van der Waals surface area contributed by atoms with E-state index in [0.29, 0.717) is 38.6 Å². The molecule has 0 aromatic rings. The maximum atomic E-state index is 14.4. The summed E-state index contributed by atoms with van der Waals surface area (Å²) in [4.78, 5) is 256. The molecule has 11 fully saturated rings. The standard InChI is InChI=1S/C70H102N18O25S/c89-35-16-47(83(28-35)65(108)41-6-1-11-71-41)60(103)73-23-54(96)80-13-3-8-44(80)68(111)86-31-38(92)19-50(86)63(106)76-26-57(99)81-14-4-9-45(81)69(112)87-32-39(93)20-51(87)62(105)75-25-56(98)79-12-2-7-43(79)67(110)85-30-37(91)18-49(85)59(102)72-22-53(95)78-42(34-114)66(109)84-29-36(90)17-48(84)61(104)74-24-55(97)82-15-5-10-46(82)70(113)88-33-40(94)21-52(88)64(107)77-27-58(100)101/h35-52,71,89-94,114H,1-34H2,(H,72,102)(H,73,103)(H,74,104)(H,75,105)(H,76,106)(H,77,107)(H,78,95)(H,100,101)/t35-,36-,37-,38-,39-,40-,41+,42+,43+,44+,45+,46+,47+,48+,49+,50+,51+,52+/m1/s1. The fourth-order valence-corrected chi connectivity index (χ4v) is 18.0. The molecule has 0 aliphatic carbocycles. The van der Waals surface area contributed by atoms with Gasteiger partial charge in [-0.2, -0.15) is 12.6 Å². The molecule has 11 saturated heterocycles. The van der Waals surface area contributed by atoms with Crippen molar-refractivity contribution in [1.82, 2.24) is 91.5 Å². The van der Waals surface area contributed by atoms with E-state index in [0.717, 1.165) is 30.9 Å². The van der Waals surface area contributed by atoms with E-state index in [1.165, 1.54) is 24.5 Å². The molecule has 43 nitrogen and oxygen atoms in total. The Balaban J connectivity index is 0.612. The van der Waals surface area contributed by atoms with Crippen LogP contribution in [0.1, 0.15) is 103 Å². The maximum absolute atomic E-state index is 14.4. The van der Waals surface area contributed by atoms with Gasteiger partial charge in [0.25, 0.3) is 0 Å². The lowest BCUT2D eigenvalue weighted by Gasteiger charge is -2.32. The molecule has 17 amide bonds. The second-order valence-corrected chi connectivity index (χ2v) is 31.4. The van der Waals surface area contributed by atoms with Crippen molar-refractivity contribution in [3.63, 3.8) is 0 Å². The molecule has 0 saturated carbocycles. The number of carboxylic acid groups (broad SMARTS) is 1. The predicted octanol–water partition coefficient (Wildman–Crippen LogP) is -12.3. The summed E-state index contributed by atoms with van der Waals surface area (Å²) in [6.45, 7) is -4.66. The zero-order chi connectivity index (χ0) is 82.3. The van der Waals surface area contributed by atoms with Crippen molar-refractivity contribution in [2.24, 2.45) is 0 Å². The number of hydrogen-bond donors (Lipinski definition) is 16. The molecular formula is C70H102N18O25S. The topological polar surface area (TPSA) is 578 Å². The van der Waals surface area contributed by atoms with Crippen LogP contribution < -0.4 is 42.5 Å². The molecule has 114 heavy (non-hydrogen) atoms. The minimum atomic E-state index is -1.44. The lowest BCUT2D eigenvalue weighted by molar-refractivity contribution is -0.148. The molecule has 0 unspecified atom stereocenters. The molecular weight excluding hydrogens is 1520 g/mol. The number of aliphatic hydroxyl groups is 6. The highest BCUT2D eigenvalue weighted by Gasteiger charge is 2.52. The Hall–Kier alpha value is -9.47. The number of nitrogens with one attached hydrogen (secondary N) is 8. The summed E-state index contributed by atoms with van der Waals surface area (Å²) in [6.07, 6.45) is -4.64. The van der Waals surface area contributed by atoms with E-state index in [9.17, 15) is 117 Å². The highest BCUT2D eigenvalue weighted by molar-refractivity contribution is 7.80. The minimum absolute atomic E-state index is 0.0232. The molecule has 0 spiro atoms.